The predicted octanol–water partition coefficient (Wildman–Crippen LogP) is 1.20. The van der Waals surface area contributed by atoms with Crippen molar-refractivity contribution in [2.24, 2.45) is 7.05 Å². The molecule has 4 heterocycles. The molecule has 0 radical (unpaired) electrons. The summed E-state index contributed by atoms with van der Waals surface area (Å²) in [7, 11) is 3.41. The number of aryl methyl sites for hydroxylation is 1. The number of hydrogen-bond donors (Lipinski definition) is 4. The van der Waals surface area contributed by atoms with Crippen molar-refractivity contribution >= 4 is 40.3 Å². The zero-order chi connectivity index (χ0) is 23.5. The van der Waals surface area contributed by atoms with Gasteiger partial charge in [-0.05, 0) is 38.2 Å². The molecule has 0 bridgehead atoms. The number of nitrogens with one attached hydrogen (secondary N) is 3. The number of aromatic nitrogens is 6. The minimum Gasteiger partial charge on any atom is -0.383 e. The Hall–Kier alpha value is -4.45. The van der Waals surface area contributed by atoms with Crippen LogP contribution in [0, 0.1) is 0 Å². The fourth-order valence-electron chi connectivity index (χ4n) is 3.15. The summed E-state index contributed by atoms with van der Waals surface area (Å²) in [6, 6.07) is 7.82. The number of rotatable bonds is 6. The molecule has 1 unspecified atom stereocenters. The van der Waals surface area contributed by atoms with E-state index in [1.807, 2.05) is 0 Å². The van der Waals surface area contributed by atoms with E-state index in [1.54, 1.807) is 56.0 Å². The minimum atomic E-state index is -0.457. The SMILES string of the molecule is CNC(C)C(=O)Nc1cc(-c2nn(C)c3ncnc(N)c23)cc(NC(=O)c2ccccn2)n1. The number of anilines is 3. The van der Waals surface area contributed by atoms with Crippen LogP contribution in [0.2, 0.25) is 0 Å². The zero-order valence-corrected chi connectivity index (χ0v) is 18.2. The van der Waals surface area contributed by atoms with E-state index in [4.69, 9.17) is 5.73 Å². The summed E-state index contributed by atoms with van der Waals surface area (Å²) in [5.41, 5.74) is 7.91. The second kappa shape index (κ2) is 8.96. The van der Waals surface area contributed by atoms with E-state index in [-0.39, 0.29) is 29.1 Å². The summed E-state index contributed by atoms with van der Waals surface area (Å²) in [6.45, 7) is 1.72. The van der Waals surface area contributed by atoms with Gasteiger partial charge in [0.1, 0.15) is 35.2 Å². The monoisotopic (exact) mass is 446 g/mol. The highest BCUT2D eigenvalue weighted by Crippen LogP contribution is 2.32. The van der Waals surface area contributed by atoms with Crippen molar-refractivity contribution in [2.75, 3.05) is 23.4 Å². The number of carbonyl (C=O) groups excluding carboxylic acids is 2. The first kappa shape index (κ1) is 21.8. The van der Waals surface area contributed by atoms with E-state index in [2.05, 4.69) is 41.0 Å². The number of nitrogens with zero attached hydrogens (tertiary/aromatic N) is 6. The summed E-state index contributed by atoms with van der Waals surface area (Å²) >= 11 is 0. The summed E-state index contributed by atoms with van der Waals surface area (Å²) in [5, 5.41) is 13.4. The van der Waals surface area contributed by atoms with Crippen molar-refractivity contribution in [2.45, 2.75) is 13.0 Å². The van der Waals surface area contributed by atoms with Gasteiger partial charge in [-0.2, -0.15) is 5.10 Å². The van der Waals surface area contributed by atoms with Crippen LogP contribution in [0.4, 0.5) is 17.5 Å². The van der Waals surface area contributed by atoms with Crippen molar-refractivity contribution in [3.8, 4) is 11.3 Å². The van der Waals surface area contributed by atoms with E-state index in [0.717, 1.165) is 0 Å². The molecule has 0 spiro atoms. The lowest BCUT2D eigenvalue weighted by Gasteiger charge is -2.13. The summed E-state index contributed by atoms with van der Waals surface area (Å²) in [5.74, 6) is -0.0592. The van der Waals surface area contributed by atoms with E-state index < -0.39 is 11.9 Å². The highest BCUT2D eigenvalue weighted by molar-refractivity contribution is 6.04. The first-order chi connectivity index (χ1) is 15.9. The molecular weight excluding hydrogens is 424 g/mol. The number of fused-ring (bicyclic) bond motifs is 1. The van der Waals surface area contributed by atoms with Gasteiger partial charge in [0.05, 0.1) is 11.4 Å². The summed E-state index contributed by atoms with van der Waals surface area (Å²) in [4.78, 5) is 41.8. The van der Waals surface area contributed by atoms with Gasteiger partial charge >= 0.3 is 0 Å². The molecule has 0 aromatic carbocycles. The normalized spacial score (nSPS) is 11.8. The van der Waals surface area contributed by atoms with Gasteiger partial charge in [0.15, 0.2) is 5.65 Å². The molecule has 12 heteroatoms. The maximum atomic E-state index is 12.6. The molecule has 0 saturated carbocycles. The molecule has 0 aliphatic rings. The molecule has 0 aliphatic heterocycles. The number of amides is 2. The largest absolute Gasteiger partial charge is 0.383 e. The van der Waals surface area contributed by atoms with Gasteiger partial charge in [0.2, 0.25) is 5.91 Å². The summed E-state index contributed by atoms with van der Waals surface area (Å²) < 4.78 is 1.58. The van der Waals surface area contributed by atoms with Gasteiger partial charge in [0, 0.05) is 18.8 Å². The number of hydrogen-bond acceptors (Lipinski definition) is 9. The lowest BCUT2D eigenvalue weighted by molar-refractivity contribution is -0.117. The van der Waals surface area contributed by atoms with Gasteiger partial charge in [-0.3, -0.25) is 14.6 Å². The lowest BCUT2D eigenvalue weighted by Crippen LogP contribution is -2.35. The first-order valence-electron chi connectivity index (χ1n) is 10.0. The Labute approximate surface area is 188 Å². The molecule has 33 heavy (non-hydrogen) atoms. The van der Waals surface area contributed by atoms with Gasteiger partial charge in [-0.15, -0.1) is 0 Å². The molecule has 4 aromatic heterocycles. The molecule has 0 saturated heterocycles. The van der Waals surface area contributed by atoms with Crippen LogP contribution in [0.15, 0.2) is 42.9 Å². The Morgan fingerprint density at radius 1 is 1.09 bits per heavy atom. The Morgan fingerprint density at radius 3 is 2.55 bits per heavy atom. The van der Waals surface area contributed by atoms with Gasteiger partial charge in [0.25, 0.3) is 5.91 Å². The van der Waals surface area contributed by atoms with E-state index in [1.165, 1.54) is 12.5 Å². The van der Waals surface area contributed by atoms with Crippen LogP contribution < -0.4 is 21.7 Å². The zero-order valence-electron chi connectivity index (χ0n) is 18.2. The third kappa shape index (κ3) is 4.45. The maximum Gasteiger partial charge on any atom is 0.275 e. The quantitative estimate of drug-likeness (QED) is 0.340. The minimum absolute atomic E-state index is 0.199. The average molecular weight is 446 g/mol. The maximum absolute atomic E-state index is 12.6. The predicted molar refractivity (Wildman–Crippen MR) is 123 cm³/mol. The molecular formula is C21H22N10O2. The van der Waals surface area contributed by atoms with Crippen LogP contribution in [0.5, 0.6) is 0 Å². The van der Waals surface area contributed by atoms with Crippen LogP contribution in [-0.2, 0) is 11.8 Å². The molecule has 168 valence electrons. The third-order valence-electron chi connectivity index (χ3n) is 4.97. The molecule has 2 amide bonds. The van der Waals surface area contributed by atoms with Gasteiger partial charge in [-0.25, -0.2) is 19.6 Å². The third-order valence-corrected chi connectivity index (χ3v) is 4.97. The molecule has 4 aromatic rings. The van der Waals surface area contributed by atoms with Crippen molar-refractivity contribution in [3.05, 3.63) is 48.5 Å². The first-order valence-corrected chi connectivity index (χ1v) is 10.0. The van der Waals surface area contributed by atoms with Crippen LogP contribution in [0.25, 0.3) is 22.3 Å². The molecule has 0 fully saturated rings. The molecule has 1 atom stereocenters. The van der Waals surface area contributed by atoms with Crippen LogP contribution in [0.3, 0.4) is 0 Å². The number of likely N-dealkylation sites (N-methyl/N-ethyl adjacent to an activating group) is 1. The lowest BCUT2D eigenvalue weighted by atomic mass is 10.1. The molecule has 5 N–H and O–H groups in total. The second-order valence-corrected chi connectivity index (χ2v) is 7.22. The standard InChI is InChI=1S/C21H22N10O2/c1-11(23-2)20(32)28-14-8-12(17-16-18(22)25-10-26-19(16)31(3)30-17)9-15(27-14)29-21(33)13-6-4-5-7-24-13/h4-11,23H,1-3H3,(H2,22,25,26)(H2,27,28,29,32,33). The average Bonchev–Trinajstić information content (AvgIpc) is 3.16. The van der Waals surface area contributed by atoms with Crippen molar-refractivity contribution in [1.82, 2.24) is 35.0 Å². The van der Waals surface area contributed by atoms with Gasteiger partial charge < -0.3 is 21.7 Å². The van der Waals surface area contributed by atoms with Crippen molar-refractivity contribution < 1.29 is 9.59 Å². The number of nitrogen functional groups attached to an aromatic ring is 1. The number of carbonyl (C=O) groups is 2. The Bertz CT molecular complexity index is 1340. The highest BCUT2D eigenvalue weighted by atomic mass is 16.2. The van der Waals surface area contributed by atoms with Crippen molar-refractivity contribution in [1.29, 1.82) is 0 Å². The fourth-order valence-corrected chi connectivity index (χ4v) is 3.15. The Morgan fingerprint density at radius 2 is 1.85 bits per heavy atom. The topological polar surface area (TPSA) is 166 Å². The summed E-state index contributed by atoms with van der Waals surface area (Å²) in [6.07, 6.45) is 2.88. The fraction of sp³-hybridized carbons (Fsp3) is 0.190. The highest BCUT2D eigenvalue weighted by Gasteiger charge is 2.19. The van der Waals surface area contributed by atoms with Crippen LogP contribution in [0.1, 0.15) is 17.4 Å². The number of nitrogens with two attached hydrogens (primary N) is 1. The molecule has 0 aliphatic carbocycles. The molecule has 4 rings (SSSR count). The second-order valence-electron chi connectivity index (χ2n) is 7.22. The number of pyridine rings is 2. The van der Waals surface area contributed by atoms with E-state index >= 15 is 0 Å². The van der Waals surface area contributed by atoms with Crippen molar-refractivity contribution in [3.63, 3.8) is 0 Å². The van der Waals surface area contributed by atoms with E-state index in [0.29, 0.717) is 22.3 Å². The van der Waals surface area contributed by atoms with Gasteiger partial charge in [-0.1, -0.05) is 6.07 Å². The molecule has 12 nitrogen and oxygen atoms in total. The Kier molecular flexibility index (Phi) is 5.91. The Balaban J connectivity index is 1.80. The van der Waals surface area contributed by atoms with Crippen LogP contribution >= 0.6 is 0 Å². The smallest absolute Gasteiger partial charge is 0.275 e. The van der Waals surface area contributed by atoms with Crippen LogP contribution in [-0.4, -0.2) is 54.6 Å². The van der Waals surface area contributed by atoms with E-state index in [9.17, 15) is 9.59 Å².